The van der Waals surface area contributed by atoms with Crippen LogP contribution < -0.4 is 10.2 Å². The number of carbonyl (C=O) groups excluding carboxylic acids is 1. The van der Waals surface area contributed by atoms with Crippen LogP contribution in [0.2, 0.25) is 0 Å². The van der Waals surface area contributed by atoms with Crippen molar-refractivity contribution in [2.45, 2.75) is 36.2 Å². The smallest absolute Gasteiger partial charge is 0.372 e. The minimum Gasteiger partial charge on any atom is -0.372 e. The Balaban J connectivity index is 1.57. The van der Waals surface area contributed by atoms with Gasteiger partial charge < -0.3 is 10.2 Å². The highest BCUT2D eigenvalue weighted by atomic mass is 32.2. The van der Waals surface area contributed by atoms with Crippen LogP contribution in [0.3, 0.4) is 0 Å². The van der Waals surface area contributed by atoms with E-state index in [9.17, 15) is 18.0 Å². The van der Waals surface area contributed by atoms with Gasteiger partial charge in [0, 0.05) is 35.8 Å². The molecule has 0 atom stereocenters. The second-order valence-electron chi connectivity index (χ2n) is 6.47. The third-order valence-corrected chi connectivity index (χ3v) is 5.17. The first-order valence-corrected chi connectivity index (χ1v) is 9.70. The molecule has 0 bridgehead atoms. The zero-order valence-electron chi connectivity index (χ0n) is 14.8. The van der Waals surface area contributed by atoms with E-state index in [2.05, 4.69) is 22.3 Å². The van der Waals surface area contributed by atoms with Crippen LogP contribution in [0.5, 0.6) is 0 Å². The number of rotatable bonds is 5. The minimum atomic E-state index is -4.33. The predicted molar refractivity (Wildman–Crippen MR) is 102 cm³/mol. The highest BCUT2D eigenvalue weighted by molar-refractivity contribution is 8.00. The third-order valence-electron chi connectivity index (χ3n) is 4.43. The van der Waals surface area contributed by atoms with Crippen molar-refractivity contribution >= 4 is 23.4 Å². The van der Waals surface area contributed by atoms with Crippen LogP contribution in [0.15, 0.2) is 53.4 Å². The molecule has 0 aromatic heterocycles. The number of amides is 1. The van der Waals surface area contributed by atoms with Crippen LogP contribution in [0.25, 0.3) is 0 Å². The summed E-state index contributed by atoms with van der Waals surface area (Å²) in [6, 6.07) is 13.5. The Hall–Kier alpha value is -2.15. The van der Waals surface area contributed by atoms with E-state index in [1.807, 2.05) is 12.1 Å². The molecule has 0 aliphatic carbocycles. The minimum absolute atomic E-state index is 0.0632. The SMILES string of the molecule is O=C(NCc1cccc(N2CCCCC2)c1)c1ccc(SC(F)(F)F)cc1. The second-order valence-corrected chi connectivity index (χ2v) is 7.61. The molecule has 3 nitrogen and oxygen atoms in total. The summed E-state index contributed by atoms with van der Waals surface area (Å²) in [6.45, 7) is 2.48. The van der Waals surface area contributed by atoms with Gasteiger partial charge in [-0.05, 0) is 73.0 Å². The number of hydrogen-bond donors (Lipinski definition) is 1. The van der Waals surface area contributed by atoms with E-state index in [-0.39, 0.29) is 22.6 Å². The van der Waals surface area contributed by atoms with Crippen molar-refractivity contribution in [3.63, 3.8) is 0 Å². The number of carbonyl (C=O) groups is 1. The van der Waals surface area contributed by atoms with E-state index < -0.39 is 5.51 Å². The van der Waals surface area contributed by atoms with Crippen LogP contribution in [-0.4, -0.2) is 24.5 Å². The van der Waals surface area contributed by atoms with Gasteiger partial charge in [0.25, 0.3) is 5.91 Å². The Morgan fingerprint density at radius 3 is 2.41 bits per heavy atom. The molecule has 0 spiro atoms. The van der Waals surface area contributed by atoms with E-state index >= 15 is 0 Å². The van der Waals surface area contributed by atoms with E-state index in [1.165, 1.54) is 43.5 Å². The number of benzene rings is 2. The van der Waals surface area contributed by atoms with Crippen molar-refractivity contribution in [2.75, 3.05) is 18.0 Å². The molecular weight excluding hydrogens is 373 g/mol. The van der Waals surface area contributed by atoms with Gasteiger partial charge in [0.15, 0.2) is 0 Å². The first-order chi connectivity index (χ1) is 12.9. The monoisotopic (exact) mass is 394 g/mol. The fraction of sp³-hybridized carbons (Fsp3) is 0.350. The molecule has 1 N–H and O–H groups in total. The van der Waals surface area contributed by atoms with E-state index in [0.29, 0.717) is 12.1 Å². The molecule has 0 unspecified atom stereocenters. The maximum Gasteiger partial charge on any atom is 0.446 e. The molecule has 27 heavy (non-hydrogen) atoms. The second kappa shape index (κ2) is 8.69. The van der Waals surface area contributed by atoms with Crippen LogP contribution in [-0.2, 0) is 6.54 Å². The summed E-state index contributed by atoms with van der Waals surface area (Å²) >= 11 is -0.190. The number of piperidine rings is 1. The maximum atomic E-state index is 12.4. The summed E-state index contributed by atoms with van der Waals surface area (Å²) in [6.07, 6.45) is 3.67. The number of hydrogen-bond acceptors (Lipinski definition) is 3. The molecule has 1 fully saturated rings. The van der Waals surface area contributed by atoms with Crippen LogP contribution in [0.4, 0.5) is 18.9 Å². The lowest BCUT2D eigenvalue weighted by molar-refractivity contribution is -0.0328. The van der Waals surface area contributed by atoms with Crippen molar-refractivity contribution in [1.29, 1.82) is 0 Å². The predicted octanol–water partition coefficient (Wildman–Crippen LogP) is 5.22. The summed E-state index contributed by atoms with van der Waals surface area (Å²) < 4.78 is 37.1. The Morgan fingerprint density at radius 2 is 1.74 bits per heavy atom. The first kappa shape index (κ1) is 19.6. The lowest BCUT2D eigenvalue weighted by Gasteiger charge is -2.29. The molecule has 0 saturated carbocycles. The number of nitrogens with zero attached hydrogens (tertiary/aromatic N) is 1. The van der Waals surface area contributed by atoms with Gasteiger partial charge >= 0.3 is 5.51 Å². The number of nitrogens with one attached hydrogen (secondary N) is 1. The number of alkyl halides is 3. The van der Waals surface area contributed by atoms with Crippen LogP contribution in [0, 0.1) is 0 Å². The molecule has 3 rings (SSSR count). The zero-order chi connectivity index (χ0) is 19.3. The third kappa shape index (κ3) is 5.92. The molecule has 2 aromatic rings. The standard InChI is InChI=1S/C20H21F3N2OS/c21-20(22,23)27-18-9-7-16(8-10-18)19(26)24-14-15-5-4-6-17(13-15)25-11-2-1-3-12-25/h4-10,13H,1-3,11-12,14H2,(H,24,26). The van der Waals surface area contributed by atoms with Gasteiger partial charge in [-0.3, -0.25) is 4.79 Å². The average Bonchev–Trinajstić information content (AvgIpc) is 2.66. The van der Waals surface area contributed by atoms with Gasteiger partial charge in [0.05, 0.1) is 0 Å². The fourth-order valence-electron chi connectivity index (χ4n) is 3.11. The largest absolute Gasteiger partial charge is 0.446 e. The van der Waals surface area contributed by atoms with Gasteiger partial charge in [-0.15, -0.1) is 0 Å². The summed E-state index contributed by atoms with van der Waals surface area (Å²) in [7, 11) is 0. The summed E-state index contributed by atoms with van der Waals surface area (Å²) in [5.74, 6) is -0.304. The van der Waals surface area contributed by atoms with Crippen LogP contribution >= 0.6 is 11.8 Å². The summed E-state index contributed by atoms with van der Waals surface area (Å²) in [5.41, 5.74) is -1.83. The van der Waals surface area contributed by atoms with Crippen molar-refractivity contribution in [3.8, 4) is 0 Å². The summed E-state index contributed by atoms with van der Waals surface area (Å²) in [4.78, 5) is 14.7. The zero-order valence-corrected chi connectivity index (χ0v) is 15.6. The van der Waals surface area contributed by atoms with E-state index in [4.69, 9.17) is 0 Å². The van der Waals surface area contributed by atoms with Gasteiger partial charge in [0.1, 0.15) is 0 Å². The fourth-order valence-corrected chi connectivity index (χ4v) is 3.65. The molecular formula is C20H21F3N2OS. The Morgan fingerprint density at radius 1 is 1.04 bits per heavy atom. The first-order valence-electron chi connectivity index (χ1n) is 8.89. The molecule has 1 saturated heterocycles. The van der Waals surface area contributed by atoms with E-state index in [0.717, 1.165) is 24.3 Å². The molecule has 144 valence electrons. The Bertz CT molecular complexity index is 772. The number of halogens is 3. The van der Waals surface area contributed by atoms with Gasteiger partial charge in [-0.25, -0.2) is 0 Å². The lowest BCUT2D eigenvalue weighted by Crippen LogP contribution is -2.29. The molecule has 2 aromatic carbocycles. The Labute approximate surface area is 160 Å². The van der Waals surface area contributed by atoms with Crippen LogP contribution in [0.1, 0.15) is 35.2 Å². The van der Waals surface area contributed by atoms with Gasteiger partial charge in [0.2, 0.25) is 0 Å². The molecule has 1 aliphatic rings. The van der Waals surface area contributed by atoms with Gasteiger partial charge in [-0.1, -0.05) is 12.1 Å². The molecule has 1 heterocycles. The van der Waals surface area contributed by atoms with Crippen molar-refractivity contribution in [3.05, 3.63) is 59.7 Å². The van der Waals surface area contributed by atoms with Crippen molar-refractivity contribution in [1.82, 2.24) is 5.32 Å². The highest BCUT2D eigenvalue weighted by Crippen LogP contribution is 2.36. The number of anilines is 1. The normalized spacial score (nSPS) is 14.9. The van der Waals surface area contributed by atoms with Gasteiger partial charge in [-0.2, -0.15) is 13.2 Å². The summed E-state index contributed by atoms with van der Waals surface area (Å²) in [5, 5.41) is 2.83. The lowest BCUT2D eigenvalue weighted by atomic mass is 10.1. The molecule has 1 amide bonds. The Kier molecular flexibility index (Phi) is 6.31. The molecule has 0 radical (unpaired) electrons. The van der Waals surface area contributed by atoms with Crippen molar-refractivity contribution in [2.24, 2.45) is 0 Å². The molecule has 1 aliphatic heterocycles. The molecule has 7 heteroatoms. The maximum absolute atomic E-state index is 12.4. The quantitative estimate of drug-likeness (QED) is 0.706. The average molecular weight is 394 g/mol. The van der Waals surface area contributed by atoms with Crippen molar-refractivity contribution < 1.29 is 18.0 Å². The van der Waals surface area contributed by atoms with E-state index in [1.54, 1.807) is 0 Å². The highest BCUT2D eigenvalue weighted by Gasteiger charge is 2.29. The number of thioether (sulfide) groups is 1. The topological polar surface area (TPSA) is 32.3 Å².